The number of benzene rings is 2. The molecule has 2 aromatic carbocycles. The first-order valence-electron chi connectivity index (χ1n) is 9.79. The summed E-state index contributed by atoms with van der Waals surface area (Å²) in [6, 6.07) is 14.6. The van der Waals surface area contributed by atoms with Crippen LogP contribution in [-0.4, -0.2) is 53.9 Å². The SMILES string of the molecule is CN(C)C1CCN(Cc2ccc3c(-c4ccc(F)cc4)cc(C(N)=O)nc3c2)C1. The van der Waals surface area contributed by atoms with Crippen molar-refractivity contribution in [2.24, 2.45) is 5.73 Å². The van der Waals surface area contributed by atoms with Crippen LogP contribution < -0.4 is 5.73 Å². The summed E-state index contributed by atoms with van der Waals surface area (Å²) in [6.45, 7) is 2.95. The van der Waals surface area contributed by atoms with Crippen molar-refractivity contribution in [2.75, 3.05) is 27.2 Å². The van der Waals surface area contributed by atoms with Gasteiger partial charge in [0.2, 0.25) is 0 Å². The third-order valence-corrected chi connectivity index (χ3v) is 5.67. The molecule has 0 spiro atoms. The van der Waals surface area contributed by atoms with Crippen molar-refractivity contribution in [2.45, 2.75) is 19.0 Å². The normalized spacial score (nSPS) is 17.3. The molecule has 0 bridgehead atoms. The topological polar surface area (TPSA) is 62.5 Å². The van der Waals surface area contributed by atoms with Crippen LogP contribution in [0.3, 0.4) is 0 Å². The van der Waals surface area contributed by atoms with Crippen molar-refractivity contribution in [1.29, 1.82) is 0 Å². The average molecular weight is 392 g/mol. The van der Waals surface area contributed by atoms with E-state index in [9.17, 15) is 9.18 Å². The van der Waals surface area contributed by atoms with Crippen molar-refractivity contribution in [1.82, 2.24) is 14.8 Å². The Kier molecular flexibility index (Phi) is 5.30. The van der Waals surface area contributed by atoms with Gasteiger partial charge in [0.15, 0.2) is 0 Å². The fourth-order valence-electron chi connectivity index (χ4n) is 4.00. The summed E-state index contributed by atoms with van der Waals surface area (Å²) in [5.41, 5.74) is 9.24. The monoisotopic (exact) mass is 392 g/mol. The quantitative estimate of drug-likeness (QED) is 0.724. The number of halogens is 1. The summed E-state index contributed by atoms with van der Waals surface area (Å²) in [5, 5.41) is 0.915. The first-order valence-corrected chi connectivity index (χ1v) is 9.79. The number of carbonyl (C=O) groups excluding carboxylic acids is 1. The maximum atomic E-state index is 13.4. The van der Waals surface area contributed by atoms with Crippen LogP contribution in [-0.2, 0) is 6.54 Å². The summed E-state index contributed by atoms with van der Waals surface area (Å²) in [5.74, 6) is -0.875. The van der Waals surface area contributed by atoms with E-state index in [0.29, 0.717) is 6.04 Å². The van der Waals surface area contributed by atoms with E-state index >= 15 is 0 Å². The van der Waals surface area contributed by atoms with Gasteiger partial charge in [-0.05, 0) is 61.5 Å². The zero-order valence-corrected chi connectivity index (χ0v) is 16.7. The van der Waals surface area contributed by atoms with Crippen molar-refractivity contribution in [3.05, 3.63) is 65.6 Å². The lowest BCUT2D eigenvalue weighted by Gasteiger charge is -2.20. The van der Waals surface area contributed by atoms with E-state index in [-0.39, 0.29) is 11.5 Å². The van der Waals surface area contributed by atoms with Gasteiger partial charge < -0.3 is 10.6 Å². The van der Waals surface area contributed by atoms with Gasteiger partial charge in [0.25, 0.3) is 5.91 Å². The number of hydrogen-bond acceptors (Lipinski definition) is 4. The van der Waals surface area contributed by atoms with Crippen LogP contribution in [0.5, 0.6) is 0 Å². The predicted molar refractivity (Wildman–Crippen MR) is 113 cm³/mol. The molecule has 1 unspecified atom stereocenters. The van der Waals surface area contributed by atoms with Gasteiger partial charge in [-0.3, -0.25) is 9.69 Å². The highest BCUT2D eigenvalue weighted by atomic mass is 19.1. The summed E-state index contributed by atoms with van der Waals surface area (Å²) >= 11 is 0. The summed E-state index contributed by atoms with van der Waals surface area (Å²) in [7, 11) is 4.24. The Morgan fingerprint density at radius 2 is 1.97 bits per heavy atom. The fraction of sp³-hybridized carbons (Fsp3) is 0.304. The summed E-state index contributed by atoms with van der Waals surface area (Å²) in [6.07, 6.45) is 1.17. The van der Waals surface area contributed by atoms with Gasteiger partial charge in [-0.15, -0.1) is 0 Å². The number of aromatic nitrogens is 1. The van der Waals surface area contributed by atoms with Gasteiger partial charge in [-0.1, -0.05) is 24.3 Å². The predicted octanol–water partition coefficient (Wildman–Crippen LogP) is 3.28. The van der Waals surface area contributed by atoms with Crippen molar-refractivity contribution in [3.8, 4) is 11.1 Å². The van der Waals surface area contributed by atoms with E-state index in [1.54, 1.807) is 18.2 Å². The standard InChI is InChI=1S/C23H25FN4O/c1-27(2)18-9-10-28(14-18)13-15-3-8-19-20(16-4-6-17(24)7-5-16)12-22(23(25)29)26-21(19)11-15/h3-8,11-12,18H,9-10,13-14H2,1-2H3,(H2,25,29). The molecule has 5 nitrogen and oxygen atoms in total. The molecule has 4 rings (SSSR count). The molecule has 0 aliphatic carbocycles. The average Bonchev–Trinajstić information content (AvgIpc) is 3.16. The van der Waals surface area contributed by atoms with Crippen LogP contribution in [0, 0.1) is 5.82 Å². The number of likely N-dealkylation sites (tertiary alicyclic amines) is 1. The molecular weight excluding hydrogens is 367 g/mol. The van der Waals surface area contributed by atoms with E-state index < -0.39 is 5.91 Å². The molecule has 3 aromatic rings. The second-order valence-electron chi connectivity index (χ2n) is 7.92. The van der Waals surface area contributed by atoms with Gasteiger partial charge in [0.1, 0.15) is 11.5 Å². The first kappa shape index (κ1) is 19.5. The Labute approximate surface area is 169 Å². The maximum absolute atomic E-state index is 13.4. The highest BCUT2D eigenvalue weighted by molar-refractivity contribution is 6.00. The van der Waals surface area contributed by atoms with Crippen LogP contribution in [0.1, 0.15) is 22.5 Å². The van der Waals surface area contributed by atoms with Gasteiger partial charge >= 0.3 is 0 Å². The Bertz CT molecular complexity index is 1050. The number of hydrogen-bond donors (Lipinski definition) is 1. The number of amides is 1. The van der Waals surface area contributed by atoms with E-state index in [0.717, 1.165) is 47.2 Å². The summed E-state index contributed by atoms with van der Waals surface area (Å²) < 4.78 is 13.4. The number of fused-ring (bicyclic) bond motifs is 1. The minimum absolute atomic E-state index is 0.211. The number of carbonyl (C=O) groups is 1. The van der Waals surface area contributed by atoms with Crippen LogP contribution in [0.15, 0.2) is 48.5 Å². The molecule has 0 saturated carbocycles. The largest absolute Gasteiger partial charge is 0.364 e. The number of likely N-dealkylation sites (N-methyl/N-ethyl adjacent to an activating group) is 1. The number of nitrogens with zero attached hydrogens (tertiary/aromatic N) is 3. The lowest BCUT2D eigenvalue weighted by molar-refractivity contribution is 0.0996. The van der Waals surface area contributed by atoms with Crippen LogP contribution >= 0.6 is 0 Å². The molecule has 1 aliphatic rings. The molecular formula is C23H25FN4O. The van der Waals surface area contributed by atoms with Gasteiger partial charge in [0, 0.05) is 31.1 Å². The van der Waals surface area contributed by atoms with E-state index in [4.69, 9.17) is 5.73 Å². The van der Waals surface area contributed by atoms with Gasteiger partial charge in [0.05, 0.1) is 5.52 Å². The second-order valence-corrected chi connectivity index (χ2v) is 7.92. The Morgan fingerprint density at radius 1 is 1.21 bits per heavy atom. The van der Waals surface area contributed by atoms with Crippen molar-refractivity contribution < 1.29 is 9.18 Å². The molecule has 29 heavy (non-hydrogen) atoms. The van der Waals surface area contributed by atoms with Crippen molar-refractivity contribution in [3.63, 3.8) is 0 Å². The first-order chi connectivity index (χ1) is 13.9. The lowest BCUT2D eigenvalue weighted by atomic mass is 9.98. The molecule has 1 atom stereocenters. The Morgan fingerprint density at radius 3 is 2.62 bits per heavy atom. The molecule has 1 saturated heterocycles. The van der Waals surface area contributed by atoms with E-state index in [1.165, 1.54) is 18.6 Å². The number of primary amides is 1. The lowest BCUT2D eigenvalue weighted by Crippen LogP contribution is -2.31. The number of pyridine rings is 1. The highest BCUT2D eigenvalue weighted by Gasteiger charge is 2.24. The molecule has 1 amide bonds. The molecule has 2 N–H and O–H groups in total. The van der Waals surface area contributed by atoms with Gasteiger partial charge in [-0.25, -0.2) is 9.37 Å². The highest BCUT2D eigenvalue weighted by Crippen LogP contribution is 2.30. The fourth-order valence-corrected chi connectivity index (χ4v) is 4.00. The van der Waals surface area contributed by atoms with Crippen LogP contribution in [0.2, 0.25) is 0 Å². The van der Waals surface area contributed by atoms with Crippen molar-refractivity contribution >= 4 is 16.8 Å². The minimum atomic E-state index is -0.575. The molecule has 6 heteroatoms. The van der Waals surface area contributed by atoms with E-state index in [1.807, 2.05) is 12.1 Å². The zero-order chi connectivity index (χ0) is 20.5. The third kappa shape index (κ3) is 4.13. The Hall–Kier alpha value is -2.83. The zero-order valence-electron chi connectivity index (χ0n) is 16.7. The molecule has 150 valence electrons. The van der Waals surface area contributed by atoms with Gasteiger partial charge in [-0.2, -0.15) is 0 Å². The second kappa shape index (κ2) is 7.89. The van der Waals surface area contributed by atoms with E-state index in [2.05, 4.69) is 34.9 Å². The minimum Gasteiger partial charge on any atom is -0.364 e. The molecule has 0 radical (unpaired) electrons. The molecule has 1 aromatic heterocycles. The maximum Gasteiger partial charge on any atom is 0.267 e. The van der Waals surface area contributed by atoms with Crippen LogP contribution in [0.4, 0.5) is 4.39 Å². The Balaban J connectivity index is 1.70. The molecule has 2 heterocycles. The third-order valence-electron chi connectivity index (χ3n) is 5.67. The number of nitrogens with two attached hydrogens (primary N) is 1. The molecule has 1 aliphatic heterocycles. The smallest absolute Gasteiger partial charge is 0.267 e. The summed E-state index contributed by atoms with van der Waals surface area (Å²) in [4.78, 5) is 21.0. The van der Waals surface area contributed by atoms with Crippen LogP contribution in [0.25, 0.3) is 22.0 Å². The molecule has 1 fully saturated rings. The number of rotatable bonds is 5.